The van der Waals surface area contributed by atoms with Gasteiger partial charge in [0.25, 0.3) is 0 Å². The van der Waals surface area contributed by atoms with E-state index >= 15 is 0 Å². The first-order chi connectivity index (χ1) is 7.42. The van der Waals surface area contributed by atoms with E-state index in [-0.39, 0.29) is 18.6 Å². The number of carbonyl (C=O) groups excluding carboxylic acids is 1. The van der Waals surface area contributed by atoms with Gasteiger partial charge in [0, 0.05) is 26.2 Å². The minimum Gasteiger partial charge on any atom is -0.375 e. The van der Waals surface area contributed by atoms with Crippen molar-refractivity contribution in [3.8, 4) is 0 Å². The summed E-state index contributed by atoms with van der Waals surface area (Å²) in [7, 11) is -1.74. The molecule has 6 nitrogen and oxygen atoms in total. The van der Waals surface area contributed by atoms with E-state index in [2.05, 4.69) is 4.72 Å². The van der Waals surface area contributed by atoms with Crippen LogP contribution in [-0.4, -0.2) is 58.3 Å². The largest absolute Gasteiger partial charge is 0.375 e. The molecule has 1 rings (SSSR count). The number of ether oxygens (including phenoxy) is 1. The third-order valence-electron chi connectivity index (χ3n) is 2.42. The number of piperidine rings is 1. The van der Waals surface area contributed by atoms with Gasteiger partial charge in [0.2, 0.25) is 15.9 Å². The monoisotopic (exact) mass is 250 g/mol. The number of hydrogen-bond acceptors (Lipinski definition) is 4. The number of rotatable bonds is 4. The van der Waals surface area contributed by atoms with Gasteiger partial charge in [-0.3, -0.25) is 4.79 Å². The van der Waals surface area contributed by atoms with Gasteiger partial charge in [0.05, 0.1) is 6.26 Å². The zero-order valence-electron chi connectivity index (χ0n) is 9.60. The molecular formula is C9H18N2O4S. The molecule has 1 fully saturated rings. The molecule has 0 aromatic rings. The van der Waals surface area contributed by atoms with Crippen LogP contribution in [0.1, 0.15) is 12.8 Å². The van der Waals surface area contributed by atoms with E-state index in [1.165, 1.54) is 7.11 Å². The second-order valence-corrected chi connectivity index (χ2v) is 5.78. The van der Waals surface area contributed by atoms with Crippen molar-refractivity contribution >= 4 is 15.9 Å². The molecule has 1 aliphatic heterocycles. The number of hydrogen-bond donors (Lipinski definition) is 1. The highest BCUT2D eigenvalue weighted by molar-refractivity contribution is 7.88. The number of sulfonamides is 1. The number of amides is 1. The normalized spacial score (nSPS) is 22.1. The molecule has 7 heteroatoms. The van der Waals surface area contributed by atoms with E-state index in [0.29, 0.717) is 13.1 Å². The minimum atomic E-state index is -3.20. The molecule has 0 aliphatic carbocycles. The Kier molecular flexibility index (Phi) is 4.69. The highest BCUT2D eigenvalue weighted by Crippen LogP contribution is 2.10. The van der Waals surface area contributed by atoms with Crippen molar-refractivity contribution in [1.82, 2.24) is 9.62 Å². The first kappa shape index (κ1) is 13.4. The quantitative estimate of drug-likeness (QED) is 0.707. The van der Waals surface area contributed by atoms with Gasteiger partial charge >= 0.3 is 0 Å². The maximum Gasteiger partial charge on any atom is 0.248 e. The van der Waals surface area contributed by atoms with Gasteiger partial charge in [-0.05, 0) is 12.8 Å². The first-order valence-electron chi connectivity index (χ1n) is 5.16. The predicted molar refractivity (Wildman–Crippen MR) is 59.5 cm³/mol. The van der Waals surface area contributed by atoms with Gasteiger partial charge in [-0.1, -0.05) is 0 Å². The van der Waals surface area contributed by atoms with E-state index in [4.69, 9.17) is 4.74 Å². The third kappa shape index (κ3) is 4.46. The van der Waals surface area contributed by atoms with Crippen LogP contribution >= 0.6 is 0 Å². The van der Waals surface area contributed by atoms with Gasteiger partial charge in [-0.25, -0.2) is 13.1 Å². The lowest BCUT2D eigenvalue weighted by Crippen LogP contribution is -2.50. The smallest absolute Gasteiger partial charge is 0.248 e. The Morgan fingerprint density at radius 2 is 2.25 bits per heavy atom. The lowest BCUT2D eigenvalue weighted by molar-refractivity contribution is -0.136. The van der Waals surface area contributed by atoms with Gasteiger partial charge in [0.1, 0.15) is 6.61 Å². The zero-order valence-corrected chi connectivity index (χ0v) is 10.4. The van der Waals surface area contributed by atoms with Crippen LogP contribution in [0.2, 0.25) is 0 Å². The van der Waals surface area contributed by atoms with E-state index < -0.39 is 10.0 Å². The third-order valence-corrected chi connectivity index (χ3v) is 3.18. The molecule has 16 heavy (non-hydrogen) atoms. The number of nitrogens with zero attached hydrogens (tertiary/aromatic N) is 1. The second kappa shape index (κ2) is 5.60. The lowest BCUT2D eigenvalue weighted by Gasteiger charge is -2.32. The number of carbonyl (C=O) groups is 1. The van der Waals surface area contributed by atoms with Crippen LogP contribution < -0.4 is 4.72 Å². The summed E-state index contributed by atoms with van der Waals surface area (Å²) < 4.78 is 29.4. The molecule has 1 N–H and O–H groups in total. The van der Waals surface area contributed by atoms with Crippen molar-refractivity contribution < 1.29 is 17.9 Å². The summed E-state index contributed by atoms with van der Waals surface area (Å²) >= 11 is 0. The topological polar surface area (TPSA) is 75.7 Å². The summed E-state index contributed by atoms with van der Waals surface area (Å²) in [6.45, 7) is 1.14. The van der Waals surface area contributed by atoms with E-state index in [1.807, 2.05) is 0 Å². The number of nitrogens with one attached hydrogen (secondary N) is 1. The number of methoxy groups -OCH3 is 1. The molecule has 0 bridgehead atoms. The van der Waals surface area contributed by atoms with E-state index in [0.717, 1.165) is 19.1 Å². The maximum atomic E-state index is 11.5. The van der Waals surface area contributed by atoms with Gasteiger partial charge in [-0.2, -0.15) is 0 Å². The minimum absolute atomic E-state index is 0.0472. The molecule has 0 saturated carbocycles. The summed E-state index contributed by atoms with van der Waals surface area (Å²) in [5.74, 6) is -0.0949. The summed E-state index contributed by atoms with van der Waals surface area (Å²) in [5.41, 5.74) is 0. The van der Waals surface area contributed by atoms with Crippen LogP contribution in [0.4, 0.5) is 0 Å². The molecule has 1 amide bonds. The van der Waals surface area contributed by atoms with Gasteiger partial charge < -0.3 is 9.64 Å². The van der Waals surface area contributed by atoms with Crippen molar-refractivity contribution in [2.75, 3.05) is 33.1 Å². The van der Waals surface area contributed by atoms with Gasteiger partial charge in [-0.15, -0.1) is 0 Å². The summed E-state index contributed by atoms with van der Waals surface area (Å²) in [4.78, 5) is 13.2. The molecule has 94 valence electrons. The van der Waals surface area contributed by atoms with Crippen LogP contribution in [0.5, 0.6) is 0 Å². The molecule has 1 heterocycles. The Balaban J connectivity index is 2.50. The predicted octanol–water partition coefficient (Wildman–Crippen LogP) is -0.827. The Labute approximate surface area is 96.0 Å². The zero-order chi connectivity index (χ0) is 12.2. The molecule has 1 saturated heterocycles. The molecule has 0 radical (unpaired) electrons. The Morgan fingerprint density at radius 1 is 1.56 bits per heavy atom. The van der Waals surface area contributed by atoms with Crippen LogP contribution in [0.3, 0.4) is 0 Å². The molecule has 1 aliphatic rings. The Bertz CT molecular complexity index is 341. The van der Waals surface area contributed by atoms with Crippen molar-refractivity contribution in [3.05, 3.63) is 0 Å². The van der Waals surface area contributed by atoms with Crippen molar-refractivity contribution in [2.45, 2.75) is 18.9 Å². The van der Waals surface area contributed by atoms with Crippen molar-refractivity contribution in [2.24, 2.45) is 0 Å². The van der Waals surface area contributed by atoms with E-state index in [9.17, 15) is 13.2 Å². The fourth-order valence-electron chi connectivity index (χ4n) is 1.82. The average molecular weight is 250 g/mol. The fourth-order valence-corrected chi connectivity index (χ4v) is 2.62. The molecule has 0 aromatic heterocycles. The SMILES string of the molecule is COCC(=O)N1CCCC(NS(C)(=O)=O)C1. The van der Waals surface area contributed by atoms with Crippen molar-refractivity contribution in [3.63, 3.8) is 0 Å². The standard InChI is InChI=1S/C9H18N2O4S/c1-15-7-9(12)11-5-3-4-8(6-11)10-16(2,13)14/h8,10H,3-7H2,1-2H3. The molecule has 0 aromatic carbocycles. The van der Waals surface area contributed by atoms with Crippen LogP contribution in [-0.2, 0) is 19.6 Å². The lowest BCUT2D eigenvalue weighted by atomic mass is 10.1. The summed E-state index contributed by atoms with van der Waals surface area (Å²) in [5, 5.41) is 0. The molecule has 1 atom stereocenters. The highest BCUT2D eigenvalue weighted by atomic mass is 32.2. The first-order valence-corrected chi connectivity index (χ1v) is 7.05. The van der Waals surface area contributed by atoms with Gasteiger partial charge in [0.15, 0.2) is 0 Å². The van der Waals surface area contributed by atoms with Crippen LogP contribution in [0.15, 0.2) is 0 Å². The van der Waals surface area contributed by atoms with Crippen LogP contribution in [0, 0.1) is 0 Å². The molecular weight excluding hydrogens is 232 g/mol. The van der Waals surface area contributed by atoms with Crippen molar-refractivity contribution in [1.29, 1.82) is 0 Å². The second-order valence-electron chi connectivity index (χ2n) is 4.00. The molecule has 1 unspecified atom stereocenters. The molecule has 0 spiro atoms. The highest BCUT2D eigenvalue weighted by Gasteiger charge is 2.25. The maximum absolute atomic E-state index is 11.5. The fraction of sp³-hybridized carbons (Fsp3) is 0.889. The average Bonchev–Trinajstić information content (AvgIpc) is 2.16. The summed E-state index contributed by atoms with van der Waals surface area (Å²) in [6, 6.07) is -0.176. The Morgan fingerprint density at radius 3 is 2.81 bits per heavy atom. The Hall–Kier alpha value is -0.660. The number of likely N-dealkylation sites (tertiary alicyclic amines) is 1. The summed E-state index contributed by atoms with van der Waals surface area (Å²) in [6.07, 6.45) is 2.70. The van der Waals surface area contributed by atoms with Crippen LogP contribution in [0.25, 0.3) is 0 Å². The van der Waals surface area contributed by atoms with E-state index in [1.54, 1.807) is 4.90 Å².